The molecule has 0 N–H and O–H groups in total. The van der Waals surface area contributed by atoms with Crippen molar-refractivity contribution >= 4 is 34.3 Å². The number of morpholine rings is 1. The molecule has 2 amide bonds. The number of carbonyl (C=O) groups is 2. The van der Waals surface area contributed by atoms with Crippen molar-refractivity contribution in [2.45, 2.75) is 19.3 Å². The van der Waals surface area contributed by atoms with Gasteiger partial charge in [0.15, 0.2) is 0 Å². The third-order valence-electron chi connectivity index (χ3n) is 7.32. The molecule has 2 saturated heterocycles. The molecule has 7 nitrogen and oxygen atoms in total. The molecule has 8 heteroatoms. The van der Waals surface area contributed by atoms with Crippen molar-refractivity contribution in [3.8, 4) is 5.75 Å². The number of halogens is 1. The maximum atomic E-state index is 13.8. The van der Waals surface area contributed by atoms with Crippen molar-refractivity contribution in [3.63, 3.8) is 0 Å². The van der Waals surface area contributed by atoms with Crippen molar-refractivity contribution in [1.29, 1.82) is 0 Å². The van der Waals surface area contributed by atoms with Gasteiger partial charge in [0, 0.05) is 67.2 Å². The van der Waals surface area contributed by atoms with Gasteiger partial charge in [-0.3, -0.25) is 9.59 Å². The van der Waals surface area contributed by atoms with Gasteiger partial charge in [-0.15, -0.1) is 0 Å². The van der Waals surface area contributed by atoms with E-state index in [1.807, 2.05) is 64.0 Å². The number of piperidine rings is 1. The molecule has 1 atom stereocenters. The summed E-state index contributed by atoms with van der Waals surface area (Å²) in [6, 6.07) is 15.2. The highest BCUT2D eigenvalue weighted by Crippen LogP contribution is 2.36. The van der Waals surface area contributed by atoms with Gasteiger partial charge in [0.2, 0.25) is 5.91 Å². The van der Waals surface area contributed by atoms with Crippen molar-refractivity contribution < 1.29 is 19.1 Å². The molecule has 36 heavy (non-hydrogen) atoms. The van der Waals surface area contributed by atoms with Gasteiger partial charge in [0.05, 0.1) is 25.4 Å². The van der Waals surface area contributed by atoms with Crippen LogP contribution >= 0.6 is 11.6 Å². The Kier molecular flexibility index (Phi) is 7.21. The molecule has 2 aromatic carbocycles. The first-order chi connectivity index (χ1) is 17.4. The average Bonchev–Trinajstić information content (AvgIpc) is 3.25. The number of amides is 2. The Morgan fingerprint density at radius 3 is 2.56 bits per heavy atom. The molecule has 2 aliphatic rings. The highest BCUT2D eigenvalue weighted by molar-refractivity contribution is 6.30. The number of ether oxygens (including phenoxy) is 2. The van der Waals surface area contributed by atoms with Crippen LogP contribution in [-0.4, -0.2) is 72.2 Å². The molecular formula is C28H32ClN3O4. The Morgan fingerprint density at radius 2 is 1.78 bits per heavy atom. The number of hydrogen-bond donors (Lipinski definition) is 0. The van der Waals surface area contributed by atoms with Gasteiger partial charge >= 0.3 is 0 Å². The van der Waals surface area contributed by atoms with Crippen molar-refractivity contribution in [2.24, 2.45) is 12.5 Å². The maximum absolute atomic E-state index is 13.8. The van der Waals surface area contributed by atoms with Crippen LogP contribution in [0, 0.1) is 5.41 Å². The van der Waals surface area contributed by atoms with Gasteiger partial charge < -0.3 is 23.8 Å². The zero-order valence-corrected chi connectivity index (χ0v) is 21.4. The fourth-order valence-corrected chi connectivity index (χ4v) is 5.52. The van der Waals surface area contributed by atoms with E-state index in [0.717, 1.165) is 23.7 Å². The minimum atomic E-state index is -0.479. The zero-order valence-electron chi connectivity index (χ0n) is 20.6. The van der Waals surface area contributed by atoms with E-state index in [0.29, 0.717) is 68.8 Å². The number of hydrogen-bond acceptors (Lipinski definition) is 4. The van der Waals surface area contributed by atoms with Gasteiger partial charge in [-0.2, -0.15) is 0 Å². The Balaban J connectivity index is 1.39. The van der Waals surface area contributed by atoms with E-state index < -0.39 is 5.41 Å². The smallest absolute Gasteiger partial charge is 0.256 e. The van der Waals surface area contributed by atoms with Crippen molar-refractivity contribution in [3.05, 3.63) is 65.3 Å². The number of nitrogens with zero attached hydrogens (tertiary/aromatic N) is 3. The third-order valence-corrected chi connectivity index (χ3v) is 7.58. The number of likely N-dealkylation sites (tertiary alicyclic amines) is 1. The van der Waals surface area contributed by atoms with E-state index in [2.05, 4.69) is 0 Å². The minimum absolute atomic E-state index is 0.00110. The quantitative estimate of drug-likeness (QED) is 0.494. The predicted octanol–water partition coefficient (Wildman–Crippen LogP) is 4.38. The summed E-state index contributed by atoms with van der Waals surface area (Å²) in [6.45, 7) is 3.81. The standard InChI is InChI=1S/C28H32ClN3O4/c1-30-18-24(23-5-2-3-6-25(23)30)27(34)32-12-4-11-28(19-32,17-26(33)31-13-15-35-16-14-31)20-36-22-9-7-21(29)8-10-22/h2-3,5-10,18H,4,11-17,19-20H2,1H3. The van der Waals surface area contributed by atoms with E-state index in [-0.39, 0.29) is 11.8 Å². The Bertz CT molecular complexity index is 1240. The Labute approximate surface area is 216 Å². The van der Waals surface area contributed by atoms with Crippen LogP contribution in [0.1, 0.15) is 29.6 Å². The first kappa shape index (κ1) is 24.7. The Morgan fingerprint density at radius 1 is 1.03 bits per heavy atom. The van der Waals surface area contributed by atoms with E-state index in [1.165, 1.54) is 0 Å². The van der Waals surface area contributed by atoms with Crippen LogP contribution in [-0.2, 0) is 16.6 Å². The van der Waals surface area contributed by atoms with Crippen LogP contribution in [0.2, 0.25) is 5.02 Å². The highest BCUT2D eigenvalue weighted by Gasteiger charge is 2.41. The second kappa shape index (κ2) is 10.5. The first-order valence-corrected chi connectivity index (χ1v) is 12.9. The lowest BCUT2D eigenvalue weighted by Gasteiger charge is -2.43. The second-order valence-corrected chi connectivity index (χ2v) is 10.4. The summed E-state index contributed by atoms with van der Waals surface area (Å²) in [5.74, 6) is 0.800. The number of fused-ring (bicyclic) bond motifs is 1. The summed E-state index contributed by atoms with van der Waals surface area (Å²) in [5, 5.41) is 1.59. The van der Waals surface area contributed by atoms with Crippen LogP contribution in [0.25, 0.3) is 10.9 Å². The summed E-state index contributed by atoms with van der Waals surface area (Å²) in [6.07, 6.45) is 3.87. The summed E-state index contributed by atoms with van der Waals surface area (Å²) >= 11 is 6.04. The summed E-state index contributed by atoms with van der Waals surface area (Å²) in [5.41, 5.74) is 1.24. The van der Waals surface area contributed by atoms with Crippen LogP contribution in [0.15, 0.2) is 54.7 Å². The number of rotatable bonds is 6. The average molecular weight is 510 g/mol. The number of carbonyl (C=O) groups excluding carboxylic acids is 2. The van der Waals surface area contributed by atoms with E-state index >= 15 is 0 Å². The molecule has 2 fully saturated rings. The Hall–Kier alpha value is -3.03. The molecule has 3 aromatic rings. The fraction of sp³-hybridized carbons (Fsp3) is 0.429. The molecule has 0 radical (unpaired) electrons. The summed E-state index contributed by atoms with van der Waals surface area (Å²) < 4.78 is 13.6. The molecule has 2 aliphatic heterocycles. The number of aryl methyl sites for hydroxylation is 1. The van der Waals surface area contributed by atoms with Crippen LogP contribution < -0.4 is 4.74 Å². The second-order valence-electron chi connectivity index (χ2n) is 9.91. The summed E-state index contributed by atoms with van der Waals surface area (Å²) in [4.78, 5) is 30.9. The predicted molar refractivity (Wildman–Crippen MR) is 139 cm³/mol. The van der Waals surface area contributed by atoms with Crippen LogP contribution in [0.3, 0.4) is 0 Å². The number of benzene rings is 2. The molecule has 190 valence electrons. The molecule has 0 saturated carbocycles. The topological polar surface area (TPSA) is 64.0 Å². The van der Waals surface area contributed by atoms with Gasteiger partial charge in [0.25, 0.3) is 5.91 Å². The minimum Gasteiger partial charge on any atom is -0.493 e. The lowest BCUT2D eigenvalue weighted by atomic mass is 9.77. The van der Waals surface area contributed by atoms with Gasteiger partial charge in [-0.1, -0.05) is 29.8 Å². The van der Waals surface area contributed by atoms with Crippen LogP contribution in [0.4, 0.5) is 0 Å². The lowest BCUT2D eigenvalue weighted by molar-refractivity contribution is -0.139. The number of aromatic nitrogens is 1. The summed E-state index contributed by atoms with van der Waals surface area (Å²) in [7, 11) is 1.96. The molecule has 0 bridgehead atoms. The lowest BCUT2D eigenvalue weighted by Crippen LogP contribution is -2.52. The van der Waals surface area contributed by atoms with Gasteiger partial charge in [0.1, 0.15) is 5.75 Å². The van der Waals surface area contributed by atoms with Gasteiger partial charge in [-0.25, -0.2) is 0 Å². The van der Waals surface area contributed by atoms with Crippen molar-refractivity contribution in [2.75, 3.05) is 46.0 Å². The molecule has 3 heterocycles. The van der Waals surface area contributed by atoms with E-state index in [4.69, 9.17) is 21.1 Å². The molecule has 5 rings (SSSR count). The first-order valence-electron chi connectivity index (χ1n) is 12.5. The van der Waals surface area contributed by atoms with E-state index in [1.54, 1.807) is 12.1 Å². The normalized spacial score (nSPS) is 20.5. The molecule has 1 unspecified atom stereocenters. The van der Waals surface area contributed by atoms with Crippen LogP contribution in [0.5, 0.6) is 5.75 Å². The monoisotopic (exact) mass is 509 g/mol. The van der Waals surface area contributed by atoms with Crippen molar-refractivity contribution in [1.82, 2.24) is 14.4 Å². The largest absolute Gasteiger partial charge is 0.493 e. The number of para-hydroxylation sites is 1. The molecule has 1 aromatic heterocycles. The maximum Gasteiger partial charge on any atom is 0.256 e. The van der Waals surface area contributed by atoms with Gasteiger partial charge in [-0.05, 0) is 43.2 Å². The molecule has 0 aliphatic carbocycles. The SMILES string of the molecule is Cn1cc(C(=O)N2CCCC(COc3ccc(Cl)cc3)(CC(=O)N3CCOCC3)C2)c2ccccc21. The fourth-order valence-electron chi connectivity index (χ4n) is 5.39. The zero-order chi connectivity index (χ0) is 25.1. The highest BCUT2D eigenvalue weighted by atomic mass is 35.5. The molecule has 0 spiro atoms. The van der Waals surface area contributed by atoms with E-state index in [9.17, 15) is 9.59 Å². The third kappa shape index (κ3) is 5.22. The molecular weight excluding hydrogens is 478 g/mol.